The number of aromatic nitrogens is 7. The van der Waals surface area contributed by atoms with Gasteiger partial charge in [-0.15, -0.1) is 0 Å². The predicted molar refractivity (Wildman–Crippen MR) is 129 cm³/mol. The summed E-state index contributed by atoms with van der Waals surface area (Å²) in [6.07, 6.45) is 13.3. The topological polar surface area (TPSA) is 117 Å². The Morgan fingerprint density at radius 3 is 2.49 bits per heavy atom. The van der Waals surface area contributed by atoms with Gasteiger partial charge in [0.2, 0.25) is 0 Å². The van der Waals surface area contributed by atoms with E-state index in [0.717, 1.165) is 67.2 Å². The summed E-state index contributed by atoms with van der Waals surface area (Å²) in [7, 11) is 1.82. The van der Waals surface area contributed by atoms with E-state index in [1.807, 2.05) is 30.2 Å². The molecule has 0 bridgehead atoms. The summed E-state index contributed by atoms with van der Waals surface area (Å²) in [6.45, 7) is 3.72. The SMILES string of the molecule is CNc1cnc(-c2ccc(C(C)(c3noc(-c4cnn(C5CCOCC5)c4)n3)C3CC3)cn2)cn1. The number of rotatable bonds is 7. The average molecular weight is 473 g/mol. The van der Waals surface area contributed by atoms with Crippen LogP contribution in [0.3, 0.4) is 0 Å². The van der Waals surface area contributed by atoms with Gasteiger partial charge in [-0.25, -0.2) is 9.97 Å². The van der Waals surface area contributed by atoms with Crippen molar-refractivity contribution in [1.29, 1.82) is 0 Å². The van der Waals surface area contributed by atoms with Gasteiger partial charge in [0.25, 0.3) is 5.89 Å². The third kappa shape index (κ3) is 4.07. The minimum Gasteiger partial charge on any atom is -0.381 e. The van der Waals surface area contributed by atoms with Crippen molar-refractivity contribution in [1.82, 2.24) is 34.9 Å². The molecule has 0 amide bonds. The fraction of sp³-hybridized carbons (Fsp3) is 0.440. The molecule has 2 fully saturated rings. The molecule has 1 N–H and O–H groups in total. The van der Waals surface area contributed by atoms with Crippen molar-refractivity contribution in [3.8, 4) is 22.8 Å². The Balaban J connectivity index is 1.27. The van der Waals surface area contributed by atoms with Crippen molar-refractivity contribution in [2.75, 3.05) is 25.6 Å². The Morgan fingerprint density at radius 2 is 1.80 bits per heavy atom. The van der Waals surface area contributed by atoms with E-state index in [-0.39, 0.29) is 5.41 Å². The maximum atomic E-state index is 5.73. The maximum absolute atomic E-state index is 5.73. The highest BCUT2D eigenvalue weighted by Crippen LogP contribution is 2.50. The lowest BCUT2D eigenvalue weighted by Crippen LogP contribution is -2.28. The number of nitrogens with zero attached hydrogens (tertiary/aromatic N) is 7. The van der Waals surface area contributed by atoms with Gasteiger partial charge in [0, 0.05) is 32.7 Å². The molecular formula is C25H28N8O2. The third-order valence-corrected chi connectivity index (χ3v) is 7.23. The van der Waals surface area contributed by atoms with Gasteiger partial charge >= 0.3 is 0 Å². The Hall–Kier alpha value is -3.66. The second-order valence-corrected chi connectivity index (χ2v) is 9.42. The highest BCUT2D eigenvalue weighted by atomic mass is 16.5. The van der Waals surface area contributed by atoms with Crippen LogP contribution in [0.4, 0.5) is 5.82 Å². The first-order valence-corrected chi connectivity index (χ1v) is 12.1. The molecular weight excluding hydrogens is 444 g/mol. The zero-order valence-corrected chi connectivity index (χ0v) is 19.9. The van der Waals surface area contributed by atoms with Crippen LogP contribution in [-0.4, -0.2) is 55.1 Å². The summed E-state index contributed by atoms with van der Waals surface area (Å²) < 4.78 is 13.2. The molecule has 4 aromatic rings. The quantitative estimate of drug-likeness (QED) is 0.427. The van der Waals surface area contributed by atoms with Gasteiger partial charge in [-0.1, -0.05) is 11.2 Å². The molecule has 0 radical (unpaired) electrons. The molecule has 10 nitrogen and oxygen atoms in total. The average Bonchev–Trinajstić information content (AvgIpc) is 3.45. The molecule has 35 heavy (non-hydrogen) atoms. The molecule has 1 atom stereocenters. The van der Waals surface area contributed by atoms with Gasteiger partial charge in [-0.2, -0.15) is 10.1 Å². The molecule has 6 rings (SSSR count). The zero-order chi connectivity index (χ0) is 23.8. The fourth-order valence-corrected chi connectivity index (χ4v) is 4.80. The number of nitrogens with one attached hydrogen (secondary N) is 1. The minimum atomic E-state index is -0.383. The monoisotopic (exact) mass is 472 g/mol. The Morgan fingerprint density at radius 1 is 0.971 bits per heavy atom. The van der Waals surface area contributed by atoms with Crippen LogP contribution < -0.4 is 5.32 Å². The molecule has 1 unspecified atom stereocenters. The smallest absolute Gasteiger partial charge is 0.261 e. The van der Waals surface area contributed by atoms with Crippen molar-refractivity contribution < 1.29 is 9.26 Å². The molecule has 180 valence electrons. The van der Waals surface area contributed by atoms with Crippen LogP contribution in [0, 0.1) is 5.92 Å². The third-order valence-electron chi connectivity index (χ3n) is 7.23. The Kier molecular flexibility index (Phi) is 5.52. The second-order valence-electron chi connectivity index (χ2n) is 9.42. The fourth-order valence-electron chi connectivity index (χ4n) is 4.80. The molecule has 1 saturated heterocycles. The van der Waals surface area contributed by atoms with Crippen LogP contribution in [0.1, 0.15) is 50.0 Å². The second kappa shape index (κ2) is 8.84. The maximum Gasteiger partial charge on any atom is 0.261 e. The lowest BCUT2D eigenvalue weighted by molar-refractivity contribution is 0.0662. The number of ether oxygens (including phenoxy) is 1. The van der Waals surface area contributed by atoms with Crippen LogP contribution in [0.2, 0.25) is 0 Å². The summed E-state index contributed by atoms with van der Waals surface area (Å²) >= 11 is 0. The molecule has 1 aliphatic carbocycles. The summed E-state index contributed by atoms with van der Waals surface area (Å²) in [5.74, 6) is 2.34. The highest BCUT2D eigenvalue weighted by Gasteiger charge is 2.47. The summed E-state index contributed by atoms with van der Waals surface area (Å²) in [4.78, 5) is 18.3. The van der Waals surface area contributed by atoms with E-state index in [9.17, 15) is 0 Å². The number of anilines is 1. The number of pyridine rings is 1. The molecule has 0 aromatic carbocycles. The van der Waals surface area contributed by atoms with Crippen molar-refractivity contribution in [2.45, 2.75) is 44.1 Å². The van der Waals surface area contributed by atoms with E-state index in [0.29, 0.717) is 23.7 Å². The van der Waals surface area contributed by atoms with Crippen LogP contribution >= 0.6 is 0 Å². The first-order chi connectivity index (χ1) is 17.1. The summed E-state index contributed by atoms with van der Waals surface area (Å²) in [5, 5.41) is 12.0. The van der Waals surface area contributed by atoms with Gasteiger partial charge in [0.05, 0.1) is 41.3 Å². The molecule has 1 aliphatic heterocycles. The van der Waals surface area contributed by atoms with Crippen molar-refractivity contribution in [3.63, 3.8) is 0 Å². The molecule has 10 heteroatoms. The van der Waals surface area contributed by atoms with Crippen LogP contribution in [0.15, 0.2) is 47.6 Å². The van der Waals surface area contributed by atoms with E-state index >= 15 is 0 Å². The number of hydrogen-bond donors (Lipinski definition) is 1. The first-order valence-electron chi connectivity index (χ1n) is 12.1. The Labute approximate surface area is 203 Å². The van der Waals surface area contributed by atoms with E-state index < -0.39 is 0 Å². The highest BCUT2D eigenvalue weighted by molar-refractivity contribution is 5.55. The molecule has 0 spiro atoms. The summed E-state index contributed by atoms with van der Waals surface area (Å²) in [6, 6.07) is 4.42. The normalized spacial score (nSPS) is 18.3. The van der Waals surface area contributed by atoms with E-state index in [2.05, 4.69) is 38.5 Å². The van der Waals surface area contributed by atoms with Crippen molar-refractivity contribution >= 4 is 5.82 Å². The minimum absolute atomic E-state index is 0.348. The molecule has 2 aliphatic rings. The predicted octanol–water partition coefficient (Wildman–Crippen LogP) is 3.89. The molecule has 1 saturated carbocycles. The standard InChI is InChI=1S/C25H28N8O2/c1-25(17-3-4-17,18-5-6-20(27-12-18)21-13-29-22(26-2)14-28-21)24-31-23(35-32-24)16-11-30-33(15-16)19-7-9-34-10-8-19/h5-6,11-15,17,19H,3-4,7-10H2,1-2H3,(H,26,29). The van der Waals surface area contributed by atoms with Crippen LogP contribution in [0.5, 0.6) is 0 Å². The lowest BCUT2D eigenvalue weighted by Gasteiger charge is -2.26. The Bertz CT molecular complexity index is 1290. The van der Waals surface area contributed by atoms with Crippen molar-refractivity contribution in [2.24, 2.45) is 5.92 Å². The van der Waals surface area contributed by atoms with Crippen molar-refractivity contribution in [3.05, 3.63) is 54.5 Å². The summed E-state index contributed by atoms with van der Waals surface area (Å²) in [5.41, 5.74) is 3.02. The van der Waals surface area contributed by atoms with Gasteiger partial charge in [0.1, 0.15) is 11.5 Å². The molecule has 5 heterocycles. The van der Waals surface area contributed by atoms with Gasteiger partial charge in [-0.05, 0) is 50.2 Å². The molecule has 4 aromatic heterocycles. The van der Waals surface area contributed by atoms with Crippen LogP contribution in [0.25, 0.3) is 22.8 Å². The van der Waals surface area contributed by atoms with Gasteiger partial charge in [-0.3, -0.25) is 9.67 Å². The van der Waals surface area contributed by atoms with E-state index in [1.54, 1.807) is 18.6 Å². The largest absolute Gasteiger partial charge is 0.381 e. The van der Waals surface area contributed by atoms with E-state index in [4.69, 9.17) is 19.2 Å². The zero-order valence-electron chi connectivity index (χ0n) is 19.9. The first kappa shape index (κ1) is 21.8. The van der Waals surface area contributed by atoms with Gasteiger partial charge < -0.3 is 14.6 Å². The van der Waals surface area contributed by atoms with Crippen LogP contribution in [-0.2, 0) is 10.2 Å². The lowest BCUT2D eigenvalue weighted by atomic mass is 9.77. The van der Waals surface area contributed by atoms with Gasteiger partial charge in [0.15, 0.2) is 5.82 Å². The number of hydrogen-bond acceptors (Lipinski definition) is 9. The van der Waals surface area contributed by atoms with E-state index in [1.165, 1.54) is 0 Å².